The molecule has 17 heteroatoms. The van der Waals surface area contributed by atoms with Crippen molar-refractivity contribution < 1.29 is 22.7 Å². The summed E-state index contributed by atoms with van der Waals surface area (Å²) in [7, 11) is 0. The number of thiazole rings is 2. The van der Waals surface area contributed by atoms with E-state index in [-0.39, 0.29) is 0 Å². The molecule has 178 valence electrons. The van der Waals surface area contributed by atoms with Crippen LogP contribution in [0.5, 0.6) is 0 Å². The van der Waals surface area contributed by atoms with E-state index in [0.29, 0.717) is 34.7 Å². The van der Waals surface area contributed by atoms with Crippen LogP contribution in [0.2, 0.25) is 0 Å². The molecule has 0 fully saturated rings. The molecule has 0 amide bonds. The van der Waals surface area contributed by atoms with Crippen LogP contribution in [0, 0.1) is 0 Å². The first-order valence-electron chi connectivity index (χ1n) is 8.49. The third kappa shape index (κ3) is 7.14. The molecule has 33 heavy (non-hydrogen) atoms. The number of hydrogen-bond donors (Lipinski definition) is 1. The number of aliphatic hydroxyl groups is 1. The molecule has 0 aromatic carbocycles. The van der Waals surface area contributed by atoms with E-state index in [1.165, 1.54) is 41.3 Å². The topological polar surface area (TPSA) is 81.6 Å². The van der Waals surface area contributed by atoms with Gasteiger partial charge in [0.1, 0.15) is 15.3 Å². The summed E-state index contributed by atoms with van der Waals surface area (Å²) >= 11 is 15.6. The van der Waals surface area contributed by atoms with Gasteiger partial charge in [0.15, 0.2) is 7.83 Å². The Balaban J connectivity index is 0.000000186. The molecule has 4 rings (SSSR count). The van der Waals surface area contributed by atoms with Crippen molar-refractivity contribution in [1.82, 2.24) is 29.5 Å². The molecule has 4 aromatic heterocycles. The lowest BCUT2D eigenvalue weighted by Crippen LogP contribution is -1.99. The van der Waals surface area contributed by atoms with Crippen molar-refractivity contribution in [3.8, 4) is 0 Å². The number of aliphatic hydroxyl groups excluding tert-OH is 1. The molecule has 4 heterocycles. The Morgan fingerprint density at radius 1 is 0.848 bits per heavy atom. The van der Waals surface area contributed by atoms with E-state index >= 15 is 0 Å². The molecule has 1 atom stereocenters. The Morgan fingerprint density at radius 2 is 1.42 bits per heavy atom. The van der Waals surface area contributed by atoms with Crippen LogP contribution in [0.15, 0.2) is 41.8 Å². The van der Waals surface area contributed by atoms with Crippen molar-refractivity contribution in [2.45, 2.75) is 25.6 Å². The molecule has 0 saturated heterocycles. The molecule has 0 aliphatic heterocycles. The fourth-order valence-electron chi connectivity index (χ4n) is 2.38. The molecule has 0 radical (unpaired) electrons. The Morgan fingerprint density at radius 3 is 1.91 bits per heavy atom. The van der Waals surface area contributed by atoms with Gasteiger partial charge in [0, 0.05) is 29.3 Å². The number of nitrogens with zero attached hydrogens (tertiary/aromatic N) is 6. The summed E-state index contributed by atoms with van der Waals surface area (Å²) in [5.74, 6) is 0. The maximum atomic E-state index is 12.3. The zero-order valence-corrected chi connectivity index (χ0v) is 23.7. The van der Waals surface area contributed by atoms with Gasteiger partial charge >= 0.3 is 13.1 Å². The van der Waals surface area contributed by atoms with Crippen LogP contribution in [0.1, 0.15) is 40.1 Å². The average Bonchev–Trinajstić information content (AvgIpc) is 3.50. The quantitative estimate of drug-likeness (QED) is 0.211. The van der Waals surface area contributed by atoms with E-state index in [1.807, 2.05) is 0 Å². The molecule has 0 spiro atoms. The van der Waals surface area contributed by atoms with Crippen LogP contribution < -0.4 is 0 Å². The van der Waals surface area contributed by atoms with Gasteiger partial charge in [-0.1, -0.05) is 0 Å². The van der Waals surface area contributed by atoms with E-state index in [1.54, 1.807) is 0 Å². The van der Waals surface area contributed by atoms with Gasteiger partial charge in [-0.05, 0) is 69.3 Å². The largest absolute Gasteiger partial charge is 0.383 e. The van der Waals surface area contributed by atoms with E-state index in [2.05, 4.69) is 83.9 Å². The van der Waals surface area contributed by atoms with Crippen molar-refractivity contribution in [3.05, 3.63) is 62.7 Å². The van der Waals surface area contributed by atoms with Crippen molar-refractivity contribution in [3.63, 3.8) is 0 Å². The summed E-state index contributed by atoms with van der Waals surface area (Å²) in [4.78, 5) is 9.65. The van der Waals surface area contributed by atoms with Crippen molar-refractivity contribution >= 4 is 86.4 Å². The highest BCUT2D eigenvalue weighted by Crippen LogP contribution is 2.35. The summed E-state index contributed by atoms with van der Waals surface area (Å²) in [6.07, 6.45) is 4.60. The summed E-state index contributed by atoms with van der Waals surface area (Å²) in [5.41, 5.74) is 1.03. The fraction of sp³-hybridized carbons (Fsp3) is 0.250. The SMILES string of the molecule is FC(F)n1cc(Cc2sc(Br)nc2Br)cn1.OC(c1cnn(C(F)F)c1)c1sc(Br)nc1Br. The van der Waals surface area contributed by atoms with Crippen LogP contribution in [-0.2, 0) is 6.42 Å². The highest BCUT2D eigenvalue weighted by molar-refractivity contribution is 9.11. The monoisotopic (exact) mass is 758 g/mol. The minimum atomic E-state index is -2.72. The molecule has 0 aliphatic carbocycles. The van der Waals surface area contributed by atoms with E-state index in [0.717, 1.165) is 25.2 Å². The summed E-state index contributed by atoms with van der Waals surface area (Å²) in [5, 5.41) is 17.0. The van der Waals surface area contributed by atoms with E-state index in [4.69, 9.17) is 0 Å². The second kappa shape index (κ2) is 11.8. The van der Waals surface area contributed by atoms with Crippen LogP contribution in [0.4, 0.5) is 17.6 Å². The molecular weight excluding hydrogens is 752 g/mol. The van der Waals surface area contributed by atoms with Crippen LogP contribution >= 0.6 is 86.4 Å². The molecule has 1 N–H and O–H groups in total. The van der Waals surface area contributed by atoms with Gasteiger partial charge in [0.05, 0.1) is 17.3 Å². The van der Waals surface area contributed by atoms with Gasteiger partial charge in [0.25, 0.3) is 0 Å². The summed E-state index contributed by atoms with van der Waals surface area (Å²) in [6.45, 7) is -5.31. The Hall–Kier alpha value is -0.720. The third-order valence-corrected chi connectivity index (χ3v) is 8.66. The van der Waals surface area contributed by atoms with Crippen LogP contribution in [-0.4, -0.2) is 34.6 Å². The van der Waals surface area contributed by atoms with Gasteiger partial charge in [-0.25, -0.2) is 19.3 Å². The number of alkyl halides is 4. The molecular formula is C16H10Br4F4N6OS2. The molecule has 0 bridgehead atoms. The molecule has 0 aliphatic rings. The smallest absolute Gasteiger partial charge is 0.333 e. The van der Waals surface area contributed by atoms with Crippen LogP contribution in [0.3, 0.4) is 0 Å². The lowest BCUT2D eigenvalue weighted by Gasteiger charge is -2.05. The maximum absolute atomic E-state index is 12.3. The number of hydrogen-bond acceptors (Lipinski definition) is 7. The van der Waals surface area contributed by atoms with Gasteiger partial charge < -0.3 is 5.11 Å². The summed E-state index contributed by atoms with van der Waals surface area (Å²) < 4.78 is 52.9. The first kappa shape index (κ1) is 26.9. The standard InChI is InChI=1S/C8H5Br2F2N3OS.C8H5Br2F2N3S/c9-6-5(17-7(10)14-6)4(16)3-1-13-15(2-3)8(11)12;9-6-5(16-7(10)14-6)1-4-2-13-15(3-4)8(11)12/h1-2,4,8,16H;2-3,8H,1H2. The van der Waals surface area contributed by atoms with Gasteiger partial charge in [-0.3, -0.25) is 0 Å². The second-order valence-corrected chi connectivity index (χ2v) is 12.2. The van der Waals surface area contributed by atoms with Gasteiger partial charge in [-0.2, -0.15) is 27.8 Å². The lowest BCUT2D eigenvalue weighted by atomic mass is 10.2. The first-order chi connectivity index (χ1) is 15.5. The third-order valence-electron chi connectivity index (χ3n) is 3.81. The molecule has 7 nitrogen and oxygen atoms in total. The molecule has 4 aromatic rings. The number of halogens is 8. The highest BCUT2D eigenvalue weighted by Gasteiger charge is 2.21. The zero-order valence-electron chi connectivity index (χ0n) is 15.7. The van der Waals surface area contributed by atoms with E-state index < -0.39 is 19.2 Å². The Bertz CT molecular complexity index is 1210. The zero-order chi connectivity index (χ0) is 24.3. The van der Waals surface area contributed by atoms with Crippen molar-refractivity contribution in [1.29, 1.82) is 0 Å². The molecule has 1 unspecified atom stereocenters. The predicted molar refractivity (Wildman–Crippen MR) is 129 cm³/mol. The normalized spacial score (nSPS) is 12.3. The Kier molecular flexibility index (Phi) is 9.62. The fourth-order valence-corrected chi connectivity index (χ4v) is 7.16. The minimum Gasteiger partial charge on any atom is -0.383 e. The van der Waals surface area contributed by atoms with Crippen LogP contribution in [0.25, 0.3) is 0 Å². The second-order valence-electron chi connectivity index (χ2n) is 6.02. The highest BCUT2D eigenvalue weighted by atomic mass is 79.9. The first-order valence-corrected chi connectivity index (χ1v) is 13.3. The maximum Gasteiger partial charge on any atom is 0.333 e. The van der Waals surface area contributed by atoms with Crippen molar-refractivity contribution in [2.75, 3.05) is 0 Å². The lowest BCUT2D eigenvalue weighted by molar-refractivity contribution is 0.0560. The predicted octanol–water partition coefficient (Wildman–Crippen LogP) is 7.19. The van der Waals surface area contributed by atoms with Gasteiger partial charge in [0.2, 0.25) is 0 Å². The molecule has 0 saturated carbocycles. The minimum absolute atomic E-state index is 0.294. The van der Waals surface area contributed by atoms with Gasteiger partial charge in [-0.15, -0.1) is 22.7 Å². The summed E-state index contributed by atoms with van der Waals surface area (Å²) in [6, 6.07) is 0. The van der Waals surface area contributed by atoms with Crippen molar-refractivity contribution in [2.24, 2.45) is 0 Å². The Labute approximate surface area is 225 Å². The average molecular weight is 762 g/mol. The van der Waals surface area contributed by atoms with E-state index in [9.17, 15) is 22.7 Å². The number of aromatic nitrogens is 6. The number of rotatable bonds is 6.